The van der Waals surface area contributed by atoms with Crippen LogP contribution < -0.4 is 0 Å². The highest BCUT2D eigenvalue weighted by Gasteiger charge is 2.21. The molecule has 0 atom stereocenters. The number of aromatic nitrogens is 3. The fourth-order valence-corrected chi connectivity index (χ4v) is 1.36. The van der Waals surface area contributed by atoms with Crippen LogP contribution in [0.2, 0.25) is 0 Å². The van der Waals surface area contributed by atoms with Crippen LogP contribution in [0.25, 0.3) is 0 Å². The van der Waals surface area contributed by atoms with E-state index in [0.717, 1.165) is 11.6 Å². The van der Waals surface area contributed by atoms with Gasteiger partial charge in [0.1, 0.15) is 11.6 Å². The maximum Gasteiger partial charge on any atom is 0.147 e. The van der Waals surface area contributed by atoms with E-state index in [2.05, 4.69) is 31.0 Å². The van der Waals surface area contributed by atoms with Gasteiger partial charge in [0, 0.05) is 12.5 Å². The van der Waals surface area contributed by atoms with Gasteiger partial charge in [-0.1, -0.05) is 20.8 Å². The van der Waals surface area contributed by atoms with Crippen LogP contribution in [0.4, 0.5) is 0 Å². The summed E-state index contributed by atoms with van der Waals surface area (Å²) >= 11 is 5.67. The molecule has 0 N–H and O–H groups in total. The summed E-state index contributed by atoms with van der Waals surface area (Å²) < 4.78 is 1.95. The fourth-order valence-electron chi connectivity index (χ4n) is 1.13. The highest BCUT2D eigenvalue weighted by Crippen LogP contribution is 2.20. The summed E-state index contributed by atoms with van der Waals surface area (Å²) in [5.41, 5.74) is 0.0338. The van der Waals surface area contributed by atoms with Crippen LogP contribution in [0.5, 0.6) is 0 Å². The lowest BCUT2D eigenvalue weighted by molar-refractivity contribution is 0.518. The lowest BCUT2D eigenvalue weighted by Crippen LogP contribution is -2.18. The van der Waals surface area contributed by atoms with Crippen molar-refractivity contribution in [3.8, 4) is 0 Å². The summed E-state index contributed by atoms with van der Waals surface area (Å²) in [7, 11) is 1.94. The van der Waals surface area contributed by atoms with E-state index in [9.17, 15) is 0 Å². The molecule has 0 fully saturated rings. The van der Waals surface area contributed by atoms with Gasteiger partial charge in [0.15, 0.2) is 0 Å². The van der Waals surface area contributed by atoms with Gasteiger partial charge < -0.3 is 4.57 Å². The van der Waals surface area contributed by atoms with Crippen molar-refractivity contribution in [1.29, 1.82) is 0 Å². The number of hydrogen-bond donors (Lipinski definition) is 0. The third-order valence-corrected chi connectivity index (χ3v) is 1.99. The molecule has 0 unspecified atom stereocenters. The van der Waals surface area contributed by atoms with Crippen molar-refractivity contribution in [1.82, 2.24) is 14.8 Å². The third kappa shape index (κ3) is 1.61. The zero-order valence-electron chi connectivity index (χ0n) is 7.93. The predicted octanol–water partition coefficient (Wildman–Crippen LogP) is 1.85. The van der Waals surface area contributed by atoms with Gasteiger partial charge in [0.25, 0.3) is 0 Å². The molecule has 0 radical (unpaired) electrons. The van der Waals surface area contributed by atoms with Gasteiger partial charge in [-0.2, -0.15) is 0 Å². The van der Waals surface area contributed by atoms with Gasteiger partial charge >= 0.3 is 0 Å². The van der Waals surface area contributed by atoms with Crippen LogP contribution in [0.3, 0.4) is 0 Å². The van der Waals surface area contributed by atoms with E-state index >= 15 is 0 Å². The summed E-state index contributed by atoms with van der Waals surface area (Å²) in [5, 5.41) is 8.07. The molecular weight excluding hydrogens is 174 g/mol. The zero-order chi connectivity index (χ0) is 9.35. The lowest BCUT2D eigenvalue weighted by atomic mass is 9.96. The molecule has 1 rings (SSSR count). The van der Waals surface area contributed by atoms with Crippen molar-refractivity contribution in [2.24, 2.45) is 7.05 Å². The number of nitrogens with zero attached hydrogens (tertiary/aromatic N) is 3. The Balaban J connectivity index is 3.11. The van der Waals surface area contributed by atoms with Crippen LogP contribution >= 0.6 is 11.6 Å². The maximum absolute atomic E-state index is 5.67. The molecule has 0 amide bonds. The molecule has 12 heavy (non-hydrogen) atoms. The Hall–Kier alpha value is -0.570. The van der Waals surface area contributed by atoms with Crippen LogP contribution in [0.15, 0.2) is 0 Å². The molecule has 0 spiro atoms. The topological polar surface area (TPSA) is 30.7 Å². The average molecular weight is 188 g/mol. The van der Waals surface area contributed by atoms with Crippen LogP contribution in [0.1, 0.15) is 32.4 Å². The molecule has 3 nitrogen and oxygen atoms in total. The van der Waals surface area contributed by atoms with Crippen molar-refractivity contribution < 1.29 is 0 Å². The molecule has 0 saturated carbocycles. The van der Waals surface area contributed by atoms with E-state index in [1.807, 2.05) is 11.6 Å². The van der Waals surface area contributed by atoms with Crippen LogP contribution in [-0.4, -0.2) is 14.8 Å². The van der Waals surface area contributed by atoms with Crippen molar-refractivity contribution >= 4 is 11.6 Å². The second kappa shape index (κ2) is 3.05. The number of alkyl halides is 1. The normalized spacial score (nSPS) is 12.1. The number of halogens is 1. The quantitative estimate of drug-likeness (QED) is 0.629. The zero-order valence-corrected chi connectivity index (χ0v) is 8.68. The molecule has 0 aliphatic heterocycles. The summed E-state index contributed by atoms with van der Waals surface area (Å²) in [6.45, 7) is 6.32. The first-order valence-electron chi connectivity index (χ1n) is 3.91. The first-order valence-corrected chi connectivity index (χ1v) is 4.45. The van der Waals surface area contributed by atoms with Crippen molar-refractivity contribution in [2.45, 2.75) is 32.1 Å². The van der Waals surface area contributed by atoms with Gasteiger partial charge in [0.2, 0.25) is 0 Å². The van der Waals surface area contributed by atoms with Crippen LogP contribution in [-0.2, 0) is 18.3 Å². The predicted molar refractivity (Wildman–Crippen MR) is 49.3 cm³/mol. The Morgan fingerprint density at radius 2 is 1.92 bits per heavy atom. The highest BCUT2D eigenvalue weighted by atomic mass is 35.5. The fraction of sp³-hybridized carbons (Fsp3) is 0.750. The molecule has 0 bridgehead atoms. The molecule has 4 heteroatoms. The third-order valence-electron chi connectivity index (χ3n) is 1.76. The van der Waals surface area contributed by atoms with Gasteiger partial charge in [-0.3, -0.25) is 0 Å². The van der Waals surface area contributed by atoms with Gasteiger partial charge in [-0.25, -0.2) is 0 Å². The summed E-state index contributed by atoms with van der Waals surface area (Å²) in [4.78, 5) is 0. The van der Waals surface area contributed by atoms with Crippen molar-refractivity contribution in [2.75, 3.05) is 0 Å². The second-order valence-electron chi connectivity index (χ2n) is 3.88. The molecule has 0 aliphatic carbocycles. The van der Waals surface area contributed by atoms with Gasteiger partial charge in [-0.05, 0) is 0 Å². The maximum atomic E-state index is 5.67. The monoisotopic (exact) mass is 187 g/mol. The van der Waals surface area contributed by atoms with Gasteiger partial charge in [0.05, 0.1) is 5.88 Å². The Morgan fingerprint density at radius 3 is 2.17 bits per heavy atom. The second-order valence-corrected chi connectivity index (χ2v) is 4.15. The van der Waals surface area contributed by atoms with E-state index < -0.39 is 0 Å². The number of hydrogen-bond acceptors (Lipinski definition) is 2. The van der Waals surface area contributed by atoms with Gasteiger partial charge in [-0.15, -0.1) is 21.8 Å². The van der Waals surface area contributed by atoms with E-state index in [4.69, 9.17) is 11.6 Å². The molecule has 1 heterocycles. The molecular formula is C8H14ClN3. The SMILES string of the molecule is Cn1c(CCl)nnc1C(C)(C)C. The summed E-state index contributed by atoms with van der Waals surface area (Å²) in [6.07, 6.45) is 0. The summed E-state index contributed by atoms with van der Waals surface area (Å²) in [5.74, 6) is 2.21. The summed E-state index contributed by atoms with van der Waals surface area (Å²) in [6, 6.07) is 0. The molecule has 68 valence electrons. The van der Waals surface area contributed by atoms with E-state index in [1.54, 1.807) is 0 Å². The molecule has 1 aromatic heterocycles. The molecule has 0 saturated heterocycles. The first-order chi connectivity index (χ1) is 5.46. The first kappa shape index (κ1) is 9.52. The minimum atomic E-state index is 0.0338. The highest BCUT2D eigenvalue weighted by molar-refractivity contribution is 6.16. The van der Waals surface area contributed by atoms with E-state index in [0.29, 0.717) is 5.88 Å². The Kier molecular flexibility index (Phi) is 2.42. The van der Waals surface area contributed by atoms with Crippen LogP contribution in [0, 0.1) is 0 Å². The van der Waals surface area contributed by atoms with Crippen molar-refractivity contribution in [3.05, 3.63) is 11.6 Å². The molecule has 1 aromatic rings. The smallest absolute Gasteiger partial charge is 0.147 e. The van der Waals surface area contributed by atoms with Crippen molar-refractivity contribution in [3.63, 3.8) is 0 Å². The average Bonchev–Trinajstić information content (AvgIpc) is 2.29. The Labute approximate surface area is 77.8 Å². The Bertz CT molecular complexity index is 272. The molecule has 0 aliphatic rings. The molecule has 0 aromatic carbocycles. The largest absolute Gasteiger partial charge is 0.317 e. The minimum Gasteiger partial charge on any atom is -0.317 e. The minimum absolute atomic E-state index is 0.0338. The van der Waals surface area contributed by atoms with E-state index in [-0.39, 0.29) is 5.41 Å². The Morgan fingerprint density at radius 1 is 1.33 bits per heavy atom. The standard InChI is InChI=1S/C8H14ClN3/c1-8(2,3)7-11-10-6(5-9)12(7)4/h5H2,1-4H3. The lowest BCUT2D eigenvalue weighted by Gasteiger charge is -2.16. The van der Waals surface area contributed by atoms with E-state index in [1.165, 1.54) is 0 Å². The number of rotatable bonds is 1.